The van der Waals surface area contributed by atoms with E-state index in [0.717, 1.165) is 11.3 Å². The average Bonchev–Trinajstić information content (AvgIpc) is 3.08. The van der Waals surface area contributed by atoms with Crippen molar-refractivity contribution in [3.63, 3.8) is 0 Å². The molecule has 2 N–H and O–H groups in total. The average molecular weight is 386 g/mol. The molecule has 0 fully saturated rings. The zero-order valence-corrected chi connectivity index (χ0v) is 15.8. The van der Waals surface area contributed by atoms with Crippen molar-refractivity contribution in [3.8, 4) is 17.1 Å². The Morgan fingerprint density at radius 1 is 1.22 bits per heavy atom. The van der Waals surface area contributed by atoms with Gasteiger partial charge in [-0.2, -0.15) is 0 Å². The molecule has 0 aliphatic carbocycles. The largest absolute Gasteiger partial charge is 0.495 e. The molecule has 0 aliphatic rings. The Balaban J connectivity index is 1.63. The van der Waals surface area contributed by atoms with Crippen LogP contribution in [0.25, 0.3) is 11.4 Å². The number of benzene rings is 2. The summed E-state index contributed by atoms with van der Waals surface area (Å²) in [4.78, 5) is 12.4. The van der Waals surface area contributed by atoms with E-state index in [1.807, 2.05) is 31.3 Å². The molecule has 27 heavy (non-hydrogen) atoms. The third-order valence-electron chi connectivity index (χ3n) is 3.98. The first-order valence-corrected chi connectivity index (χ1v) is 8.77. The molecule has 0 aliphatic heterocycles. The molecule has 140 valence electrons. The second-order valence-electron chi connectivity index (χ2n) is 5.88. The summed E-state index contributed by atoms with van der Waals surface area (Å²) in [6.45, 7) is 0.439. The van der Waals surface area contributed by atoms with Gasteiger partial charge in [-0.25, -0.2) is 0 Å². The maximum Gasteiger partial charge on any atom is 0.226 e. The number of carbonyl (C=O) groups excluding carboxylic acids is 1. The summed E-state index contributed by atoms with van der Waals surface area (Å²) < 4.78 is 7.09. The number of nitrogens with one attached hydrogen (secondary N) is 2. The molecule has 2 aromatic carbocycles. The van der Waals surface area contributed by atoms with E-state index in [9.17, 15) is 4.79 Å². The molecule has 0 spiro atoms. The summed E-state index contributed by atoms with van der Waals surface area (Å²) in [7, 11) is 3.45. The van der Waals surface area contributed by atoms with Crippen molar-refractivity contribution in [3.05, 3.63) is 53.8 Å². The third kappa shape index (κ3) is 4.57. The Hall–Kier alpha value is -3.06. The highest BCUT2D eigenvalue weighted by Gasteiger charge is 2.12. The number of hydrogen-bond acceptors (Lipinski definition) is 5. The molecule has 7 nitrogen and oxygen atoms in total. The van der Waals surface area contributed by atoms with Gasteiger partial charge in [-0.15, -0.1) is 10.2 Å². The minimum atomic E-state index is -0.113. The van der Waals surface area contributed by atoms with E-state index in [0.29, 0.717) is 28.8 Å². The van der Waals surface area contributed by atoms with Crippen molar-refractivity contribution >= 4 is 28.9 Å². The van der Waals surface area contributed by atoms with Gasteiger partial charge in [0.05, 0.1) is 18.5 Å². The minimum Gasteiger partial charge on any atom is -0.495 e. The summed E-state index contributed by atoms with van der Waals surface area (Å²) in [5.74, 6) is 1.25. The summed E-state index contributed by atoms with van der Waals surface area (Å²) in [5.41, 5.74) is 2.26. The molecular weight excluding hydrogens is 366 g/mol. The Labute approximate surface area is 162 Å². The van der Waals surface area contributed by atoms with E-state index in [1.165, 1.54) is 0 Å². The lowest BCUT2D eigenvalue weighted by atomic mass is 10.1. The number of hydrogen-bond donors (Lipinski definition) is 2. The van der Waals surface area contributed by atoms with Crippen LogP contribution in [0.5, 0.6) is 5.75 Å². The predicted molar refractivity (Wildman–Crippen MR) is 106 cm³/mol. The zero-order valence-electron chi connectivity index (χ0n) is 15.1. The van der Waals surface area contributed by atoms with Crippen molar-refractivity contribution in [2.75, 3.05) is 24.3 Å². The van der Waals surface area contributed by atoms with Gasteiger partial charge in [-0.05, 0) is 30.3 Å². The molecule has 0 atom stereocenters. The monoisotopic (exact) mass is 385 g/mol. The lowest BCUT2D eigenvalue weighted by Crippen LogP contribution is -2.17. The van der Waals surface area contributed by atoms with Crippen LogP contribution < -0.4 is 15.4 Å². The summed E-state index contributed by atoms with van der Waals surface area (Å²) in [6.07, 6.45) is 1.90. The molecule has 1 heterocycles. The molecular formula is C19H20ClN5O2. The van der Waals surface area contributed by atoms with Gasteiger partial charge in [0.1, 0.15) is 12.1 Å². The minimum absolute atomic E-state index is 0.113. The first kappa shape index (κ1) is 18.7. The highest BCUT2D eigenvalue weighted by atomic mass is 35.5. The molecule has 1 amide bonds. The standard InChI is InChI=1S/C19H20ClN5O2/c1-25-12-22-24-19(25)14-5-3-4-6-15(14)23-18(26)9-10-21-16-11-13(20)7-8-17(16)27-2/h3-8,11-12,21H,9-10H2,1-2H3,(H,23,26). The van der Waals surface area contributed by atoms with Gasteiger partial charge in [-0.3, -0.25) is 4.79 Å². The van der Waals surface area contributed by atoms with Crippen LogP contribution >= 0.6 is 11.6 Å². The van der Waals surface area contributed by atoms with Crippen molar-refractivity contribution in [1.82, 2.24) is 14.8 Å². The predicted octanol–water partition coefficient (Wildman–Crippen LogP) is 3.58. The van der Waals surface area contributed by atoms with E-state index in [2.05, 4.69) is 20.8 Å². The van der Waals surface area contributed by atoms with Gasteiger partial charge in [0, 0.05) is 30.6 Å². The van der Waals surface area contributed by atoms with Crippen LogP contribution in [0.1, 0.15) is 6.42 Å². The number of para-hydroxylation sites is 1. The van der Waals surface area contributed by atoms with Crippen LogP contribution in [0.15, 0.2) is 48.8 Å². The summed E-state index contributed by atoms with van der Waals surface area (Å²) >= 11 is 6.01. The van der Waals surface area contributed by atoms with Crippen LogP contribution in [-0.2, 0) is 11.8 Å². The smallest absolute Gasteiger partial charge is 0.226 e. The van der Waals surface area contributed by atoms with E-state index in [4.69, 9.17) is 16.3 Å². The number of methoxy groups -OCH3 is 1. The number of ether oxygens (including phenoxy) is 1. The van der Waals surface area contributed by atoms with Crippen molar-refractivity contribution < 1.29 is 9.53 Å². The van der Waals surface area contributed by atoms with Gasteiger partial charge >= 0.3 is 0 Å². The van der Waals surface area contributed by atoms with E-state index in [-0.39, 0.29) is 12.3 Å². The molecule has 0 saturated carbocycles. The zero-order chi connectivity index (χ0) is 19.2. The number of halogens is 1. The summed E-state index contributed by atoms with van der Waals surface area (Å²) in [6, 6.07) is 12.8. The fraction of sp³-hybridized carbons (Fsp3) is 0.211. The van der Waals surface area contributed by atoms with Crippen molar-refractivity contribution in [2.45, 2.75) is 6.42 Å². The Morgan fingerprint density at radius 3 is 2.78 bits per heavy atom. The lowest BCUT2D eigenvalue weighted by molar-refractivity contribution is -0.115. The maximum atomic E-state index is 12.4. The first-order chi connectivity index (χ1) is 13.1. The number of aromatic nitrogens is 3. The Bertz CT molecular complexity index is 941. The Kier molecular flexibility index (Phi) is 5.93. The quantitative estimate of drug-likeness (QED) is 0.649. The van der Waals surface area contributed by atoms with Crippen LogP contribution in [0.2, 0.25) is 5.02 Å². The number of nitrogens with zero attached hydrogens (tertiary/aromatic N) is 3. The fourth-order valence-corrected chi connectivity index (χ4v) is 2.83. The molecule has 0 unspecified atom stereocenters. The maximum absolute atomic E-state index is 12.4. The first-order valence-electron chi connectivity index (χ1n) is 8.39. The van der Waals surface area contributed by atoms with E-state index in [1.54, 1.807) is 36.2 Å². The van der Waals surface area contributed by atoms with Crippen LogP contribution in [0.3, 0.4) is 0 Å². The van der Waals surface area contributed by atoms with E-state index < -0.39 is 0 Å². The van der Waals surface area contributed by atoms with Crippen LogP contribution in [0, 0.1) is 0 Å². The molecule has 1 aromatic heterocycles. The second-order valence-corrected chi connectivity index (χ2v) is 6.32. The molecule has 0 saturated heterocycles. The highest BCUT2D eigenvalue weighted by molar-refractivity contribution is 6.30. The number of carbonyl (C=O) groups is 1. The molecule has 3 aromatic rings. The third-order valence-corrected chi connectivity index (χ3v) is 4.22. The number of rotatable bonds is 7. The van der Waals surface area contributed by atoms with Crippen molar-refractivity contribution in [2.24, 2.45) is 7.05 Å². The van der Waals surface area contributed by atoms with Gasteiger partial charge < -0.3 is 19.9 Å². The van der Waals surface area contributed by atoms with Crippen LogP contribution in [-0.4, -0.2) is 34.3 Å². The SMILES string of the molecule is COc1ccc(Cl)cc1NCCC(=O)Nc1ccccc1-c1nncn1C. The lowest BCUT2D eigenvalue weighted by Gasteiger charge is -2.13. The second kappa shape index (κ2) is 8.55. The number of anilines is 2. The topological polar surface area (TPSA) is 81.1 Å². The summed E-state index contributed by atoms with van der Waals surface area (Å²) in [5, 5.41) is 14.7. The number of amides is 1. The van der Waals surface area contributed by atoms with Gasteiger partial charge in [-0.1, -0.05) is 23.7 Å². The highest BCUT2D eigenvalue weighted by Crippen LogP contribution is 2.28. The normalized spacial score (nSPS) is 10.5. The van der Waals surface area contributed by atoms with Crippen molar-refractivity contribution in [1.29, 1.82) is 0 Å². The number of aryl methyl sites for hydroxylation is 1. The van der Waals surface area contributed by atoms with Gasteiger partial charge in [0.25, 0.3) is 0 Å². The fourth-order valence-electron chi connectivity index (χ4n) is 2.66. The van der Waals surface area contributed by atoms with Gasteiger partial charge in [0.2, 0.25) is 5.91 Å². The Morgan fingerprint density at radius 2 is 2.04 bits per heavy atom. The van der Waals surface area contributed by atoms with Gasteiger partial charge in [0.15, 0.2) is 5.82 Å². The van der Waals surface area contributed by atoms with E-state index >= 15 is 0 Å². The van der Waals surface area contributed by atoms with Crippen LogP contribution in [0.4, 0.5) is 11.4 Å². The molecule has 0 radical (unpaired) electrons. The molecule has 0 bridgehead atoms. The molecule has 8 heteroatoms. The molecule has 3 rings (SSSR count).